The Morgan fingerprint density at radius 3 is 1.58 bits per heavy atom. The molecule has 0 aliphatic carbocycles. The maximum absolute atomic E-state index is 8.66. The van der Waals surface area contributed by atoms with Gasteiger partial charge in [0.2, 0.25) is 0 Å². The summed E-state index contributed by atoms with van der Waals surface area (Å²) in [5.74, 6) is 2.59. The summed E-state index contributed by atoms with van der Waals surface area (Å²) in [7, 11) is 0. The number of rotatable bonds is 16. The van der Waals surface area contributed by atoms with E-state index in [1.54, 1.807) is 0 Å². The van der Waals surface area contributed by atoms with Crippen molar-refractivity contribution in [2.45, 2.75) is 68.4 Å². The fraction of sp³-hybridized carbons (Fsp3) is 1.00. The van der Waals surface area contributed by atoms with Crippen LogP contribution in [0.5, 0.6) is 0 Å². The first-order chi connectivity index (χ1) is 9.41. The Morgan fingerprint density at radius 2 is 1.05 bits per heavy atom. The summed E-state index contributed by atoms with van der Waals surface area (Å²) in [6.45, 7) is 0.719. The third kappa shape index (κ3) is 18.8. The molecule has 0 aromatic heterocycles. The molecular weight excluding hydrogens is 323 g/mol. The van der Waals surface area contributed by atoms with Crippen molar-refractivity contribution in [3.05, 3.63) is 0 Å². The van der Waals surface area contributed by atoms with E-state index in [0.29, 0.717) is 13.2 Å². The molecule has 0 bridgehead atoms. The fourth-order valence-electron chi connectivity index (χ4n) is 1.77. The van der Waals surface area contributed by atoms with E-state index in [1.807, 2.05) is 0 Å². The Bertz CT molecular complexity index is 143. The van der Waals surface area contributed by atoms with Gasteiger partial charge in [-0.1, -0.05) is 0 Å². The van der Waals surface area contributed by atoms with E-state index < -0.39 is 0 Å². The molecule has 2 N–H and O–H groups in total. The molecule has 0 saturated heterocycles. The number of aliphatic hydroxyl groups excluding tert-OH is 2. The predicted octanol–water partition coefficient (Wildman–Crippen LogP) is 3.76. The Morgan fingerprint density at radius 1 is 0.579 bits per heavy atom. The van der Waals surface area contributed by atoms with Crippen LogP contribution in [0, 0.1) is 0 Å². The Labute approximate surface area is 130 Å². The van der Waals surface area contributed by atoms with Crippen molar-refractivity contribution >= 4 is 26.7 Å². The molecule has 0 saturated carbocycles. The first-order valence-corrected chi connectivity index (χ1v) is 11.4. The van der Waals surface area contributed by atoms with Gasteiger partial charge in [-0.2, -0.15) is 0 Å². The van der Waals surface area contributed by atoms with Gasteiger partial charge < -0.3 is 0 Å². The summed E-state index contributed by atoms with van der Waals surface area (Å²) >= 11 is 2.93. The van der Waals surface area contributed by atoms with Gasteiger partial charge in [0.05, 0.1) is 0 Å². The zero-order valence-corrected chi connectivity index (χ0v) is 14.8. The summed E-state index contributed by atoms with van der Waals surface area (Å²) in [6.07, 6.45) is 11.2. The number of hydrogen-bond donors (Lipinski definition) is 2. The SMILES string of the molecule is OCCCCCSCCCCC[Se]CCCCCO. The van der Waals surface area contributed by atoms with Crippen molar-refractivity contribution in [2.75, 3.05) is 24.7 Å². The quantitative estimate of drug-likeness (QED) is 0.327. The van der Waals surface area contributed by atoms with E-state index in [0.717, 1.165) is 27.8 Å². The molecule has 2 nitrogen and oxygen atoms in total. The molecule has 0 atom stereocenters. The predicted molar refractivity (Wildman–Crippen MR) is 88.4 cm³/mol. The topological polar surface area (TPSA) is 40.5 Å². The van der Waals surface area contributed by atoms with Crippen LogP contribution in [0.2, 0.25) is 10.6 Å². The molecule has 0 radical (unpaired) electrons. The van der Waals surface area contributed by atoms with Crippen LogP contribution in [-0.4, -0.2) is 49.9 Å². The van der Waals surface area contributed by atoms with Crippen molar-refractivity contribution in [1.82, 2.24) is 0 Å². The molecule has 0 aromatic rings. The zero-order valence-electron chi connectivity index (χ0n) is 12.3. The van der Waals surface area contributed by atoms with Crippen LogP contribution in [0.4, 0.5) is 0 Å². The van der Waals surface area contributed by atoms with Gasteiger partial charge >= 0.3 is 130 Å². The summed E-state index contributed by atoms with van der Waals surface area (Å²) in [5.41, 5.74) is 0. The van der Waals surface area contributed by atoms with Gasteiger partial charge in [-0.25, -0.2) is 0 Å². The van der Waals surface area contributed by atoms with E-state index in [1.165, 1.54) is 67.1 Å². The molecule has 0 aliphatic rings. The average Bonchev–Trinajstić information content (AvgIpc) is 2.43. The minimum atomic E-state index is 0.354. The molecule has 4 heteroatoms. The van der Waals surface area contributed by atoms with Crippen molar-refractivity contribution in [3.63, 3.8) is 0 Å². The molecule has 0 unspecified atom stereocenters. The Balaban J connectivity index is 2.88. The molecule has 0 fully saturated rings. The second-order valence-electron chi connectivity index (χ2n) is 4.85. The first-order valence-electron chi connectivity index (χ1n) is 7.79. The monoisotopic (exact) mass is 356 g/mol. The van der Waals surface area contributed by atoms with Crippen molar-refractivity contribution in [3.8, 4) is 0 Å². The van der Waals surface area contributed by atoms with E-state index in [9.17, 15) is 0 Å². The Hall–Kier alpha value is 0.789. The second-order valence-corrected chi connectivity index (χ2v) is 8.65. The summed E-state index contributed by atoms with van der Waals surface area (Å²) in [6, 6.07) is 0. The van der Waals surface area contributed by atoms with Crippen LogP contribution in [0.25, 0.3) is 0 Å². The number of unbranched alkanes of at least 4 members (excludes halogenated alkanes) is 6. The van der Waals surface area contributed by atoms with E-state index >= 15 is 0 Å². The van der Waals surface area contributed by atoms with Crippen LogP contribution in [0.1, 0.15) is 57.8 Å². The van der Waals surface area contributed by atoms with Crippen LogP contribution in [0.3, 0.4) is 0 Å². The van der Waals surface area contributed by atoms with Gasteiger partial charge in [-0.15, -0.1) is 0 Å². The molecule has 0 spiro atoms. The van der Waals surface area contributed by atoms with E-state index in [2.05, 4.69) is 11.8 Å². The molecule has 0 heterocycles. The van der Waals surface area contributed by atoms with Crippen LogP contribution in [-0.2, 0) is 0 Å². The molecular formula is C15H32O2SSe. The summed E-state index contributed by atoms with van der Waals surface area (Å²) < 4.78 is 0. The second kappa shape index (κ2) is 18.8. The maximum atomic E-state index is 8.66. The zero-order chi connectivity index (χ0) is 14.0. The molecule has 116 valence electrons. The number of thioether (sulfide) groups is 1. The van der Waals surface area contributed by atoms with Crippen molar-refractivity contribution < 1.29 is 10.2 Å². The first kappa shape index (κ1) is 19.8. The van der Waals surface area contributed by atoms with E-state index in [4.69, 9.17) is 10.2 Å². The third-order valence-corrected chi connectivity index (χ3v) is 6.55. The minimum absolute atomic E-state index is 0.354. The molecule has 0 aliphatic heterocycles. The average molecular weight is 355 g/mol. The third-order valence-electron chi connectivity index (χ3n) is 2.97. The molecule has 0 amide bonds. The van der Waals surface area contributed by atoms with Crippen molar-refractivity contribution in [1.29, 1.82) is 0 Å². The standard InChI is InChI=1S/C15H32O2SSe/c16-10-4-1-6-12-18-13-7-3-9-15-19-14-8-2-5-11-17/h16-17H,1-15H2. The van der Waals surface area contributed by atoms with Gasteiger partial charge in [0.25, 0.3) is 0 Å². The van der Waals surface area contributed by atoms with Crippen molar-refractivity contribution in [2.24, 2.45) is 0 Å². The number of hydrogen-bond acceptors (Lipinski definition) is 3. The molecule has 19 heavy (non-hydrogen) atoms. The van der Waals surface area contributed by atoms with Gasteiger partial charge in [-0.3, -0.25) is 0 Å². The Kier molecular flexibility index (Phi) is 19.6. The number of aliphatic hydroxyl groups is 2. The van der Waals surface area contributed by atoms with Gasteiger partial charge in [-0.05, 0) is 0 Å². The van der Waals surface area contributed by atoms with Gasteiger partial charge in [0.15, 0.2) is 0 Å². The van der Waals surface area contributed by atoms with Crippen LogP contribution < -0.4 is 0 Å². The van der Waals surface area contributed by atoms with E-state index in [-0.39, 0.29) is 0 Å². The van der Waals surface area contributed by atoms with Crippen LogP contribution in [0.15, 0.2) is 0 Å². The van der Waals surface area contributed by atoms with Gasteiger partial charge in [0, 0.05) is 0 Å². The fourth-order valence-corrected chi connectivity index (χ4v) is 4.94. The normalized spacial score (nSPS) is 11.1. The molecule has 0 rings (SSSR count). The summed E-state index contributed by atoms with van der Waals surface area (Å²) in [5, 5.41) is 20.2. The van der Waals surface area contributed by atoms with Crippen LogP contribution >= 0.6 is 11.8 Å². The molecule has 0 aromatic carbocycles. The summed E-state index contributed by atoms with van der Waals surface area (Å²) in [4.78, 5) is 0. The van der Waals surface area contributed by atoms with Gasteiger partial charge in [0.1, 0.15) is 0 Å².